The van der Waals surface area contributed by atoms with Crippen LogP contribution in [0.1, 0.15) is 0 Å². The molecule has 0 spiro atoms. The lowest BCUT2D eigenvalue weighted by molar-refractivity contribution is 0.932. The summed E-state index contributed by atoms with van der Waals surface area (Å²) in [5.41, 5.74) is 1.04. The number of anilines is 3. The van der Waals surface area contributed by atoms with Crippen LogP contribution >= 0.6 is 0 Å². The first-order valence-electron chi connectivity index (χ1n) is 5.06. The topological polar surface area (TPSA) is 45.2 Å². The van der Waals surface area contributed by atoms with Gasteiger partial charge >= 0.3 is 0 Å². The third kappa shape index (κ3) is 1.29. The fourth-order valence-corrected chi connectivity index (χ4v) is 1.85. The van der Waals surface area contributed by atoms with Crippen LogP contribution in [-0.2, 0) is 0 Å². The van der Waals surface area contributed by atoms with Crippen molar-refractivity contribution in [1.29, 1.82) is 0 Å². The normalized spacial score (nSPS) is 14.1. The Balaban J connectivity index is 2.07. The molecule has 5 heteroatoms. The zero-order chi connectivity index (χ0) is 11.0. The second-order valence-corrected chi connectivity index (χ2v) is 3.68. The molecule has 80 valence electrons. The Labute approximate surface area is 93.4 Å². The van der Waals surface area contributed by atoms with Crippen molar-refractivity contribution in [2.75, 3.05) is 23.5 Å². The maximum Gasteiger partial charge on any atom is 0.178 e. The van der Waals surface area contributed by atoms with E-state index in [9.17, 15) is 0 Å². The molecule has 16 heavy (non-hydrogen) atoms. The van der Waals surface area contributed by atoms with Crippen molar-refractivity contribution >= 4 is 17.3 Å². The third-order valence-electron chi connectivity index (χ3n) is 2.59. The monoisotopic (exact) mass is 213 g/mol. The van der Waals surface area contributed by atoms with Gasteiger partial charge in [-0.2, -0.15) is 0 Å². The van der Waals surface area contributed by atoms with Gasteiger partial charge in [0.15, 0.2) is 11.6 Å². The fourth-order valence-electron chi connectivity index (χ4n) is 1.85. The van der Waals surface area contributed by atoms with Crippen LogP contribution in [0.25, 0.3) is 0 Å². The summed E-state index contributed by atoms with van der Waals surface area (Å²) in [7, 11) is 2.00. The van der Waals surface area contributed by atoms with Crippen molar-refractivity contribution in [1.82, 2.24) is 15.0 Å². The predicted octanol–water partition coefficient (Wildman–Crippen LogP) is 1.42. The molecule has 3 rings (SSSR count). The lowest BCUT2D eigenvalue weighted by Crippen LogP contribution is -2.24. The van der Waals surface area contributed by atoms with Crippen molar-refractivity contribution in [2.45, 2.75) is 0 Å². The van der Waals surface area contributed by atoms with Crippen LogP contribution in [0.2, 0.25) is 0 Å². The maximum absolute atomic E-state index is 4.36. The molecule has 0 amide bonds. The molecule has 2 aromatic rings. The lowest BCUT2D eigenvalue weighted by Gasteiger charge is -2.17. The van der Waals surface area contributed by atoms with Gasteiger partial charge in [-0.05, 0) is 12.1 Å². The van der Waals surface area contributed by atoms with Gasteiger partial charge in [0.2, 0.25) is 0 Å². The van der Waals surface area contributed by atoms with E-state index in [0.29, 0.717) is 0 Å². The maximum atomic E-state index is 4.36. The molecular formula is C11H11N5. The lowest BCUT2D eigenvalue weighted by atomic mass is 10.4. The molecule has 0 aliphatic carbocycles. The largest absolute Gasteiger partial charge is 0.338 e. The standard InChI is InChI=1S/C11H11N5/c1-15-8-16(9-3-2-4-12-7-9)11-10(15)13-5-6-14-11/h2-7H,8H2,1H3. The van der Waals surface area contributed by atoms with Gasteiger partial charge in [-0.3, -0.25) is 4.98 Å². The molecule has 0 saturated carbocycles. The molecule has 0 N–H and O–H groups in total. The number of pyridine rings is 1. The van der Waals surface area contributed by atoms with Gasteiger partial charge in [-0.15, -0.1) is 0 Å². The minimum absolute atomic E-state index is 0.755. The Morgan fingerprint density at radius 3 is 2.69 bits per heavy atom. The van der Waals surface area contributed by atoms with E-state index in [0.717, 1.165) is 24.0 Å². The number of rotatable bonds is 1. The van der Waals surface area contributed by atoms with Crippen molar-refractivity contribution in [2.24, 2.45) is 0 Å². The Kier molecular flexibility index (Phi) is 1.96. The van der Waals surface area contributed by atoms with Crippen LogP contribution in [0.4, 0.5) is 17.3 Å². The highest BCUT2D eigenvalue weighted by atomic mass is 15.4. The first-order valence-corrected chi connectivity index (χ1v) is 5.06. The van der Waals surface area contributed by atoms with E-state index in [1.54, 1.807) is 18.6 Å². The summed E-state index contributed by atoms with van der Waals surface area (Å²) in [6.07, 6.45) is 7.02. The summed E-state index contributed by atoms with van der Waals surface area (Å²) in [5, 5.41) is 0. The van der Waals surface area contributed by atoms with Gasteiger partial charge in [0.25, 0.3) is 0 Å². The first-order chi connectivity index (χ1) is 7.86. The van der Waals surface area contributed by atoms with Crippen molar-refractivity contribution in [3.63, 3.8) is 0 Å². The minimum Gasteiger partial charge on any atom is -0.338 e. The smallest absolute Gasteiger partial charge is 0.178 e. The zero-order valence-electron chi connectivity index (χ0n) is 8.91. The van der Waals surface area contributed by atoms with Crippen LogP contribution < -0.4 is 9.80 Å². The fraction of sp³-hybridized carbons (Fsp3) is 0.182. The summed E-state index contributed by atoms with van der Waals surface area (Å²) < 4.78 is 0. The molecule has 0 unspecified atom stereocenters. The van der Waals surface area contributed by atoms with Gasteiger partial charge in [0, 0.05) is 25.6 Å². The number of hydrogen-bond acceptors (Lipinski definition) is 5. The van der Waals surface area contributed by atoms with E-state index < -0.39 is 0 Å². The number of fused-ring (bicyclic) bond motifs is 1. The molecule has 0 radical (unpaired) electrons. The zero-order valence-corrected chi connectivity index (χ0v) is 8.91. The summed E-state index contributed by atoms with van der Waals surface area (Å²) in [6.45, 7) is 0.755. The molecule has 3 heterocycles. The quantitative estimate of drug-likeness (QED) is 0.716. The van der Waals surface area contributed by atoms with E-state index in [1.165, 1.54) is 0 Å². The summed E-state index contributed by atoms with van der Waals surface area (Å²) in [5.74, 6) is 1.80. The van der Waals surface area contributed by atoms with Crippen molar-refractivity contribution in [3.05, 3.63) is 36.9 Å². The van der Waals surface area contributed by atoms with E-state index in [-0.39, 0.29) is 0 Å². The van der Waals surface area contributed by atoms with Crippen LogP contribution in [0.3, 0.4) is 0 Å². The molecule has 0 atom stereocenters. The van der Waals surface area contributed by atoms with E-state index in [1.807, 2.05) is 25.4 Å². The molecule has 0 fully saturated rings. The second-order valence-electron chi connectivity index (χ2n) is 3.68. The van der Waals surface area contributed by atoms with Gasteiger partial charge in [0.1, 0.15) is 0 Å². The highest BCUT2D eigenvalue weighted by Gasteiger charge is 2.26. The Hall–Kier alpha value is -2.17. The molecule has 0 bridgehead atoms. The van der Waals surface area contributed by atoms with Crippen molar-refractivity contribution < 1.29 is 0 Å². The number of nitrogens with zero attached hydrogens (tertiary/aromatic N) is 5. The van der Waals surface area contributed by atoms with Gasteiger partial charge in [0.05, 0.1) is 18.6 Å². The van der Waals surface area contributed by atoms with Crippen LogP contribution in [-0.4, -0.2) is 28.7 Å². The average Bonchev–Trinajstić information content (AvgIpc) is 2.69. The highest BCUT2D eigenvalue weighted by Crippen LogP contribution is 2.35. The first kappa shape index (κ1) is 9.08. The molecule has 2 aromatic heterocycles. The molecule has 1 aliphatic heterocycles. The Bertz CT molecular complexity index is 499. The number of aromatic nitrogens is 3. The van der Waals surface area contributed by atoms with E-state index in [4.69, 9.17) is 0 Å². The van der Waals surface area contributed by atoms with Gasteiger partial charge in [-0.25, -0.2) is 9.97 Å². The van der Waals surface area contributed by atoms with E-state index in [2.05, 4.69) is 24.8 Å². The number of hydrogen-bond donors (Lipinski definition) is 0. The molecule has 1 aliphatic rings. The molecular weight excluding hydrogens is 202 g/mol. The van der Waals surface area contributed by atoms with E-state index >= 15 is 0 Å². The third-order valence-corrected chi connectivity index (χ3v) is 2.59. The summed E-state index contributed by atoms with van der Waals surface area (Å²) in [4.78, 5) is 17.0. The molecule has 0 aromatic carbocycles. The Morgan fingerprint density at radius 1 is 1.12 bits per heavy atom. The van der Waals surface area contributed by atoms with Crippen LogP contribution in [0, 0.1) is 0 Å². The van der Waals surface area contributed by atoms with Gasteiger partial charge < -0.3 is 9.80 Å². The summed E-state index contributed by atoms with van der Waals surface area (Å²) >= 11 is 0. The predicted molar refractivity (Wildman–Crippen MR) is 61.7 cm³/mol. The second kappa shape index (κ2) is 3.44. The Morgan fingerprint density at radius 2 is 1.94 bits per heavy atom. The van der Waals surface area contributed by atoms with Gasteiger partial charge in [-0.1, -0.05) is 0 Å². The minimum atomic E-state index is 0.755. The highest BCUT2D eigenvalue weighted by molar-refractivity contribution is 5.75. The average molecular weight is 213 g/mol. The van der Waals surface area contributed by atoms with Crippen LogP contribution in [0.15, 0.2) is 36.9 Å². The molecule has 5 nitrogen and oxygen atoms in total. The van der Waals surface area contributed by atoms with Crippen LogP contribution in [0.5, 0.6) is 0 Å². The SMILES string of the molecule is CN1CN(c2cccnc2)c2nccnc21. The molecule has 0 saturated heterocycles. The summed E-state index contributed by atoms with van der Waals surface area (Å²) in [6, 6.07) is 3.94. The van der Waals surface area contributed by atoms with Crippen molar-refractivity contribution in [3.8, 4) is 0 Å².